The second-order valence-corrected chi connectivity index (χ2v) is 9.88. The fourth-order valence-corrected chi connectivity index (χ4v) is 4.66. The molecule has 0 radical (unpaired) electrons. The SMILES string of the molecule is O=C(Nc1ccc2nc(-c3ccc4ccccc4c3)nc(Nc3ccc(F)c(Cl)c3)c2c1)c1ccc(C(F)(F)F)cc1. The van der Waals surface area contributed by atoms with Gasteiger partial charge in [0.05, 0.1) is 16.1 Å². The molecule has 1 aromatic heterocycles. The molecule has 0 unspecified atom stereocenters. The van der Waals surface area contributed by atoms with Crippen LogP contribution >= 0.6 is 11.6 Å². The third kappa shape index (κ3) is 5.59. The summed E-state index contributed by atoms with van der Waals surface area (Å²) in [5, 5.41) is 8.42. The molecule has 5 aromatic carbocycles. The summed E-state index contributed by atoms with van der Waals surface area (Å²) < 4.78 is 52.6. The fourth-order valence-electron chi connectivity index (χ4n) is 4.48. The molecule has 1 amide bonds. The first-order valence-corrected chi connectivity index (χ1v) is 13.0. The van der Waals surface area contributed by atoms with E-state index < -0.39 is 23.5 Å². The molecule has 0 aliphatic rings. The van der Waals surface area contributed by atoms with Gasteiger partial charge < -0.3 is 10.6 Å². The minimum atomic E-state index is -4.50. The van der Waals surface area contributed by atoms with Gasteiger partial charge in [0, 0.05) is 27.9 Å². The molecule has 6 aromatic rings. The molecule has 0 spiro atoms. The van der Waals surface area contributed by atoms with Gasteiger partial charge in [-0.15, -0.1) is 0 Å². The van der Waals surface area contributed by atoms with Crippen LogP contribution in [0.5, 0.6) is 0 Å². The minimum Gasteiger partial charge on any atom is -0.340 e. The van der Waals surface area contributed by atoms with E-state index >= 15 is 0 Å². The Morgan fingerprint density at radius 2 is 1.50 bits per heavy atom. The van der Waals surface area contributed by atoms with Crippen molar-refractivity contribution in [2.75, 3.05) is 10.6 Å². The number of carbonyl (C=O) groups is 1. The number of aromatic nitrogens is 2. The Morgan fingerprint density at radius 3 is 2.24 bits per heavy atom. The van der Waals surface area contributed by atoms with Crippen molar-refractivity contribution in [2.45, 2.75) is 6.18 Å². The molecule has 5 nitrogen and oxygen atoms in total. The topological polar surface area (TPSA) is 66.9 Å². The molecular weight excluding hydrogens is 568 g/mol. The summed E-state index contributed by atoms with van der Waals surface area (Å²) in [6, 6.07) is 26.9. The highest BCUT2D eigenvalue weighted by molar-refractivity contribution is 6.31. The van der Waals surface area contributed by atoms with Crippen molar-refractivity contribution in [3.63, 3.8) is 0 Å². The highest BCUT2D eigenvalue weighted by Crippen LogP contribution is 2.32. The van der Waals surface area contributed by atoms with E-state index in [9.17, 15) is 22.4 Å². The number of hydrogen-bond donors (Lipinski definition) is 2. The van der Waals surface area contributed by atoms with E-state index in [0.717, 1.165) is 40.6 Å². The zero-order valence-corrected chi connectivity index (χ0v) is 22.3. The van der Waals surface area contributed by atoms with Crippen LogP contribution in [0.15, 0.2) is 103 Å². The van der Waals surface area contributed by atoms with E-state index in [1.54, 1.807) is 18.2 Å². The lowest BCUT2D eigenvalue weighted by Gasteiger charge is -2.14. The quantitative estimate of drug-likeness (QED) is 0.198. The zero-order chi connectivity index (χ0) is 29.4. The van der Waals surface area contributed by atoms with E-state index in [1.807, 2.05) is 42.5 Å². The van der Waals surface area contributed by atoms with Gasteiger partial charge in [-0.3, -0.25) is 4.79 Å². The number of nitrogens with one attached hydrogen (secondary N) is 2. The number of amides is 1. The first kappa shape index (κ1) is 27.2. The first-order valence-electron chi connectivity index (χ1n) is 12.7. The van der Waals surface area contributed by atoms with Crippen LogP contribution in [0.3, 0.4) is 0 Å². The van der Waals surface area contributed by atoms with E-state index in [0.29, 0.717) is 33.9 Å². The average Bonchev–Trinajstić information content (AvgIpc) is 2.98. The summed E-state index contributed by atoms with van der Waals surface area (Å²) in [6.07, 6.45) is -4.50. The first-order chi connectivity index (χ1) is 20.1. The lowest BCUT2D eigenvalue weighted by molar-refractivity contribution is -0.137. The number of fused-ring (bicyclic) bond motifs is 2. The molecule has 1 heterocycles. The normalized spacial score (nSPS) is 11.5. The molecule has 10 heteroatoms. The van der Waals surface area contributed by atoms with E-state index in [1.165, 1.54) is 18.2 Å². The maximum atomic E-state index is 13.8. The second kappa shape index (κ2) is 10.8. The Bertz CT molecular complexity index is 1980. The van der Waals surface area contributed by atoms with Crippen molar-refractivity contribution >= 4 is 56.4 Å². The number of anilines is 3. The Morgan fingerprint density at radius 1 is 0.762 bits per heavy atom. The average molecular weight is 587 g/mol. The largest absolute Gasteiger partial charge is 0.416 e. The molecule has 6 rings (SSSR count). The molecule has 2 N–H and O–H groups in total. The second-order valence-electron chi connectivity index (χ2n) is 9.47. The van der Waals surface area contributed by atoms with Crippen molar-refractivity contribution in [2.24, 2.45) is 0 Å². The van der Waals surface area contributed by atoms with Crippen molar-refractivity contribution in [1.82, 2.24) is 9.97 Å². The lowest BCUT2D eigenvalue weighted by atomic mass is 10.1. The Labute approximate surface area is 241 Å². The molecule has 208 valence electrons. The van der Waals surface area contributed by atoms with Gasteiger partial charge in [-0.2, -0.15) is 13.2 Å². The summed E-state index contributed by atoms with van der Waals surface area (Å²) >= 11 is 6.00. The number of rotatable bonds is 5. The van der Waals surface area contributed by atoms with E-state index in [4.69, 9.17) is 21.6 Å². The van der Waals surface area contributed by atoms with Crippen LogP contribution in [0.1, 0.15) is 15.9 Å². The summed E-state index contributed by atoms with van der Waals surface area (Å²) in [5.74, 6) is -0.349. The van der Waals surface area contributed by atoms with Gasteiger partial charge in [0.25, 0.3) is 5.91 Å². The third-order valence-corrected chi connectivity index (χ3v) is 6.91. The van der Waals surface area contributed by atoms with Gasteiger partial charge in [-0.1, -0.05) is 48.0 Å². The predicted octanol–water partition coefficient (Wildman–Crippen LogP) is 9.26. The van der Waals surface area contributed by atoms with Crippen LogP contribution in [0, 0.1) is 5.82 Å². The Hall–Kier alpha value is -5.02. The van der Waals surface area contributed by atoms with Crippen molar-refractivity contribution in [3.05, 3.63) is 125 Å². The standard InChI is InChI=1S/C32H19ClF4N4O/c33-26-17-24(11-13-27(26)34)38-30-25-16-23(39-31(42)19-7-9-22(10-8-19)32(35,36)37)12-14-28(25)40-29(41-30)21-6-5-18-3-1-2-4-20(18)15-21/h1-17H,(H,39,42)(H,38,40,41). The van der Waals surface area contributed by atoms with Crippen molar-refractivity contribution in [1.29, 1.82) is 0 Å². The Balaban J connectivity index is 1.39. The number of carbonyl (C=O) groups excluding carboxylic acids is 1. The summed E-state index contributed by atoms with van der Waals surface area (Å²) in [6.45, 7) is 0. The van der Waals surface area contributed by atoms with Crippen LogP contribution in [0.4, 0.5) is 34.8 Å². The lowest BCUT2D eigenvalue weighted by Crippen LogP contribution is -2.13. The number of nitrogens with zero attached hydrogens (tertiary/aromatic N) is 2. The van der Waals surface area contributed by atoms with Crippen molar-refractivity contribution < 1.29 is 22.4 Å². The Kier molecular flexibility index (Phi) is 6.96. The number of benzene rings is 5. The van der Waals surface area contributed by atoms with Gasteiger partial charge in [0.1, 0.15) is 11.6 Å². The maximum absolute atomic E-state index is 13.8. The summed E-state index contributed by atoms with van der Waals surface area (Å²) in [4.78, 5) is 22.3. The summed E-state index contributed by atoms with van der Waals surface area (Å²) in [5.41, 5.74) is 1.39. The molecule has 0 aliphatic heterocycles. The maximum Gasteiger partial charge on any atom is 0.416 e. The van der Waals surface area contributed by atoms with Gasteiger partial charge in [0.2, 0.25) is 0 Å². The summed E-state index contributed by atoms with van der Waals surface area (Å²) in [7, 11) is 0. The van der Waals surface area contributed by atoms with Crippen LogP contribution in [-0.2, 0) is 6.18 Å². The predicted molar refractivity (Wildman–Crippen MR) is 157 cm³/mol. The molecule has 0 aliphatic carbocycles. The van der Waals surface area contributed by atoms with Gasteiger partial charge >= 0.3 is 6.18 Å². The van der Waals surface area contributed by atoms with Crippen LogP contribution in [0.2, 0.25) is 5.02 Å². The van der Waals surface area contributed by atoms with E-state index in [2.05, 4.69) is 10.6 Å². The van der Waals surface area contributed by atoms with Crippen LogP contribution in [-0.4, -0.2) is 15.9 Å². The molecule has 0 saturated carbocycles. The number of halogens is 5. The van der Waals surface area contributed by atoms with Gasteiger partial charge in [0.15, 0.2) is 5.82 Å². The highest BCUT2D eigenvalue weighted by atomic mass is 35.5. The zero-order valence-electron chi connectivity index (χ0n) is 21.5. The molecule has 0 bridgehead atoms. The fraction of sp³-hybridized carbons (Fsp3) is 0.0312. The molecule has 0 atom stereocenters. The van der Waals surface area contributed by atoms with Gasteiger partial charge in [-0.25, -0.2) is 14.4 Å². The molecule has 0 saturated heterocycles. The third-order valence-electron chi connectivity index (χ3n) is 6.62. The molecular formula is C32H19ClF4N4O. The smallest absolute Gasteiger partial charge is 0.340 e. The number of alkyl halides is 3. The molecule has 0 fully saturated rings. The van der Waals surface area contributed by atoms with Crippen molar-refractivity contribution in [3.8, 4) is 11.4 Å². The van der Waals surface area contributed by atoms with Crippen LogP contribution < -0.4 is 10.6 Å². The number of hydrogen-bond acceptors (Lipinski definition) is 4. The molecule has 42 heavy (non-hydrogen) atoms. The highest BCUT2D eigenvalue weighted by Gasteiger charge is 2.30. The van der Waals surface area contributed by atoms with Crippen LogP contribution in [0.25, 0.3) is 33.1 Å². The van der Waals surface area contributed by atoms with Gasteiger partial charge in [-0.05, 0) is 77.5 Å². The van der Waals surface area contributed by atoms with E-state index in [-0.39, 0.29) is 10.6 Å². The minimum absolute atomic E-state index is 0.0605. The monoisotopic (exact) mass is 586 g/mol.